The van der Waals surface area contributed by atoms with Gasteiger partial charge in [-0.25, -0.2) is 14.3 Å². The number of nitrogens with zero attached hydrogens (tertiary/aromatic N) is 1. The molecular weight excluding hydrogens is 426 g/mol. The first-order valence-electron chi connectivity index (χ1n) is 9.56. The maximum absolute atomic E-state index is 15.4. The fourth-order valence-electron chi connectivity index (χ4n) is 4.50. The summed E-state index contributed by atoms with van der Waals surface area (Å²) >= 11 is 3.45. The zero-order chi connectivity index (χ0) is 19.6. The van der Waals surface area contributed by atoms with Gasteiger partial charge in [0, 0.05) is 23.6 Å². The molecule has 0 bridgehead atoms. The van der Waals surface area contributed by atoms with Gasteiger partial charge in [0.15, 0.2) is 0 Å². The van der Waals surface area contributed by atoms with Crippen LogP contribution in [0.25, 0.3) is 0 Å². The Balaban J connectivity index is 1.73. The fraction of sp³-hybridized carbons (Fsp3) is 0.941. The first kappa shape index (κ1) is 21.3. The molecule has 7 nitrogen and oxygen atoms in total. The van der Waals surface area contributed by atoms with Gasteiger partial charge in [-0.15, -0.1) is 0 Å². The van der Waals surface area contributed by atoms with Gasteiger partial charge in [0.1, 0.15) is 12.3 Å². The Morgan fingerprint density at radius 2 is 2.15 bits per heavy atom. The van der Waals surface area contributed by atoms with E-state index in [9.17, 15) is 9.18 Å². The minimum Gasteiger partial charge on any atom is -0.394 e. The smallest absolute Gasteiger partial charge is 0.248 e. The van der Waals surface area contributed by atoms with Crippen LogP contribution in [0.4, 0.5) is 8.78 Å². The molecule has 156 valence electrons. The molecule has 2 aliphatic carbocycles. The van der Waals surface area contributed by atoms with E-state index in [1.165, 1.54) is 0 Å². The third-order valence-electron chi connectivity index (χ3n) is 5.99. The van der Waals surface area contributed by atoms with Gasteiger partial charge in [-0.3, -0.25) is 19.8 Å². The summed E-state index contributed by atoms with van der Waals surface area (Å²) in [4.78, 5) is 19.7. The van der Waals surface area contributed by atoms with Crippen molar-refractivity contribution in [1.29, 1.82) is 0 Å². The molecule has 1 heterocycles. The molecule has 0 spiro atoms. The SMILES string of the molecule is CN1CNC2C(F)C(NC3CCC(Br)CC3F)C(C(=O)NOCCO)CC21. The zero-order valence-corrected chi connectivity index (χ0v) is 17.0. The van der Waals surface area contributed by atoms with Crippen molar-refractivity contribution < 1.29 is 23.5 Å². The highest BCUT2D eigenvalue weighted by atomic mass is 79.9. The van der Waals surface area contributed by atoms with E-state index in [-0.39, 0.29) is 30.1 Å². The molecule has 1 aliphatic heterocycles. The highest BCUT2D eigenvalue weighted by Gasteiger charge is 2.52. The first-order chi connectivity index (χ1) is 12.9. The van der Waals surface area contributed by atoms with Crippen molar-refractivity contribution >= 4 is 21.8 Å². The summed E-state index contributed by atoms with van der Waals surface area (Å²) in [7, 11) is 1.89. The summed E-state index contributed by atoms with van der Waals surface area (Å²) in [6.07, 6.45) is -0.170. The van der Waals surface area contributed by atoms with E-state index in [1.54, 1.807) is 0 Å². The number of rotatable bonds is 6. The molecule has 4 N–H and O–H groups in total. The summed E-state index contributed by atoms with van der Waals surface area (Å²) < 4.78 is 29.9. The fourth-order valence-corrected chi connectivity index (χ4v) is 5.13. The number of amides is 1. The maximum Gasteiger partial charge on any atom is 0.248 e. The molecule has 2 saturated carbocycles. The molecule has 3 fully saturated rings. The van der Waals surface area contributed by atoms with Crippen molar-refractivity contribution in [2.24, 2.45) is 5.92 Å². The Morgan fingerprint density at radius 3 is 2.85 bits per heavy atom. The summed E-state index contributed by atoms with van der Waals surface area (Å²) in [6, 6.07) is -1.75. The van der Waals surface area contributed by atoms with Crippen molar-refractivity contribution in [2.75, 3.05) is 26.9 Å². The van der Waals surface area contributed by atoms with Crippen LogP contribution in [0.3, 0.4) is 0 Å². The Bertz CT molecular complexity index is 521. The Labute approximate surface area is 166 Å². The predicted octanol–water partition coefficient (Wildman–Crippen LogP) is 0.227. The second-order valence-corrected chi connectivity index (χ2v) is 9.06. The van der Waals surface area contributed by atoms with Crippen LogP contribution in [0.15, 0.2) is 0 Å². The zero-order valence-electron chi connectivity index (χ0n) is 15.4. The molecule has 3 rings (SSSR count). The van der Waals surface area contributed by atoms with Crippen molar-refractivity contribution in [1.82, 2.24) is 21.0 Å². The molecule has 8 unspecified atom stereocenters. The summed E-state index contributed by atoms with van der Waals surface area (Å²) in [6.45, 7) is 0.290. The van der Waals surface area contributed by atoms with E-state index in [1.807, 2.05) is 11.9 Å². The van der Waals surface area contributed by atoms with E-state index in [0.717, 1.165) is 6.42 Å². The second-order valence-electron chi connectivity index (χ2n) is 7.76. The first-order valence-corrected chi connectivity index (χ1v) is 10.5. The molecule has 27 heavy (non-hydrogen) atoms. The van der Waals surface area contributed by atoms with Crippen LogP contribution < -0.4 is 16.1 Å². The molecule has 0 radical (unpaired) electrons. The number of fused-ring (bicyclic) bond motifs is 1. The van der Waals surface area contributed by atoms with E-state index >= 15 is 4.39 Å². The topological polar surface area (TPSA) is 85.9 Å². The quantitative estimate of drug-likeness (QED) is 0.261. The average Bonchev–Trinajstić information content (AvgIpc) is 3.00. The molecule has 0 aromatic carbocycles. The van der Waals surface area contributed by atoms with Gasteiger partial charge in [-0.2, -0.15) is 0 Å². The third-order valence-corrected chi connectivity index (χ3v) is 6.82. The lowest BCUT2D eigenvalue weighted by molar-refractivity contribution is -0.142. The number of likely N-dealkylation sites (N-methyl/N-ethyl adjacent to an activating group) is 1. The summed E-state index contributed by atoms with van der Waals surface area (Å²) in [5.41, 5.74) is 2.31. The Morgan fingerprint density at radius 1 is 1.37 bits per heavy atom. The van der Waals surface area contributed by atoms with Crippen LogP contribution in [-0.2, 0) is 9.63 Å². The molecular formula is C17H29BrF2N4O3. The van der Waals surface area contributed by atoms with Crippen LogP contribution in [0.2, 0.25) is 0 Å². The van der Waals surface area contributed by atoms with Gasteiger partial charge < -0.3 is 10.4 Å². The molecule has 0 aromatic heterocycles. The molecule has 8 atom stereocenters. The van der Waals surface area contributed by atoms with Crippen LogP contribution in [0.5, 0.6) is 0 Å². The van der Waals surface area contributed by atoms with E-state index in [2.05, 4.69) is 32.0 Å². The van der Waals surface area contributed by atoms with Crippen LogP contribution in [0.1, 0.15) is 25.7 Å². The van der Waals surface area contributed by atoms with Gasteiger partial charge in [-0.05, 0) is 32.7 Å². The lowest BCUT2D eigenvalue weighted by atomic mass is 9.76. The molecule has 0 aromatic rings. The minimum atomic E-state index is -1.32. The monoisotopic (exact) mass is 454 g/mol. The standard InChI is InChI=1S/C17H29BrF2N4O3/c1-24-8-21-16-13(24)7-10(17(26)23-27-5-4-25)15(14(16)20)22-12-3-2-9(18)6-11(12)19/h9-16,21-22,25H,2-8H2,1H3,(H,23,26). The highest BCUT2D eigenvalue weighted by molar-refractivity contribution is 9.09. The van der Waals surface area contributed by atoms with E-state index < -0.39 is 36.3 Å². The van der Waals surface area contributed by atoms with Crippen molar-refractivity contribution in [3.63, 3.8) is 0 Å². The van der Waals surface area contributed by atoms with Crippen LogP contribution >= 0.6 is 15.9 Å². The van der Waals surface area contributed by atoms with Crippen molar-refractivity contribution in [3.05, 3.63) is 0 Å². The summed E-state index contributed by atoms with van der Waals surface area (Å²) in [5.74, 6) is -1.12. The number of hydrogen-bond donors (Lipinski definition) is 4. The number of carbonyl (C=O) groups excluding carboxylic acids is 1. The lowest BCUT2D eigenvalue weighted by Crippen LogP contribution is -2.65. The number of carbonyl (C=O) groups is 1. The van der Waals surface area contributed by atoms with Crippen LogP contribution in [-0.4, -0.2) is 84.2 Å². The van der Waals surface area contributed by atoms with Gasteiger partial charge in [0.25, 0.3) is 0 Å². The second kappa shape index (κ2) is 9.41. The molecule has 1 amide bonds. The number of aliphatic hydroxyl groups is 1. The van der Waals surface area contributed by atoms with Gasteiger partial charge in [-0.1, -0.05) is 15.9 Å². The van der Waals surface area contributed by atoms with Crippen LogP contribution in [0, 0.1) is 5.92 Å². The summed E-state index contributed by atoms with van der Waals surface area (Å²) in [5, 5.41) is 15.1. The lowest BCUT2D eigenvalue weighted by Gasteiger charge is -2.44. The maximum atomic E-state index is 15.4. The Kier molecular flexibility index (Phi) is 7.43. The number of halogens is 3. The largest absolute Gasteiger partial charge is 0.394 e. The van der Waals surface area contributed by atoms with E-state index in [0.29, 0.717) is 25.9 Å². The minimum absolute atomic E-state index is 0.0368. The highest BCUT2D eigenvalue weighted by Crippen LogP contribution is 2.35. The molecule has 3 aliphatic rings. The van der Waals surface area contributed by atoms with E-state index in [4.69, 9.17) is 9.94 Å². The van der Waals surface area contributed by atoms with Crippen molar-refractivity contribution in [3.8, 4) is 0 Å². The average molecular weight is 455 g/mol. The Hall–Kier alpha value is -0.390. The number of hydrogen-bond acceptors (Lipinski definition) is 6. The number of aliphatic hydroxyl groups excluding tert-OH is 1. The van der Waals surface area contributed by atoms with Gasteiger partial charge in [0.05, 0.1) is 31.2 Å². The molecule has 1 saturated heterocycles. The predicted molar refractivity (Wildman–Crippen MR) is 99.7 cm³/mol. The number of alkyl halides is 3. The normalized spacial score (nSPS) is 42.7. The van der Waals surface area contributed by atoms with Gasteiger partial charge in [0.2, 0.25) is 5.91 Å². The van der Waals surface area contributed by atoms with Gasteiger partial charge >= 0.3 is 0 Å². The molecule has 10 heteroatoms. The number of nitrogens with one attached hydrogen (secondary N) is 3. The number of hydroxylamine groups is 1. The van der Waals surface area contributed by atoms with Crippen molar-refractivity contribution in [2.45, 2.75) is 67.0 Å². The third kappa shape index (κ3) is 4.79.